The maximum Gasteiger partial charge on any atom is 0.270 e. The zero-order valence-electron chi connectivity index (χ0n) is 13.8. The molecular formula is C18H21ClN4O. The molecule has 1 aromatic carbocycles. The molecule has 0 radical (unpaired) electrons. The molecule has 0 atom stereocenters. The first kappa shape index (κ1) is 16.7. The first-order chi connectivity index (χ1) is 11.6. The average molecular weight is 345 g/mol. The van der Waals surface area contributed by atoms with Crippen LogP contribution in [0, 0.1) is 6.92 Å². The Balaban J connectivity index is 1.62. The van der Waals surface area contributed by atoms with Crippen LogP contribution in [0.25, 0.3) is 0 Å². The van der Waals surface area contributed by atoms with E-state index in [0.717, 1.165) is 30.9 Å². The fourth-order valence-electron chi connectivity index (χ4n) is 2.88. The largest absolute Gasteiger partial charge is 0.356 e. The second kappa shape index (κ2) is 7.62. The van der Waals surface area contributed by atoms with Crippen LogP contribution >= 0.6 is 11.6 Å². The third-order valence-corrected chi connectivity index (χ3v) is 4.31. The van der Waals surface area contributed by atoms with Crippen molar-refractivity contribution >= 4 is 23.3 Å². The summed E-state index contributed by atoms with van der Waals surface area (Å²) in [5.41, 5.74) is 1.52. The molecule has 3 rings (SSSR count). The predicted octanol–water partition coefficient (Wildman–Crippen LogP) is 3.01. The smallest absolute Gasteiger partial charge is 0.270 e. The second-order valence-corrected chi connectivity index (χ2v) is 6.43. The van der Waals surface area contributed by atoms with E-state index < -0.39 is 0 Å². The van der Waals surface area contributed by atoms with Gasteiger partial charge in [0.25, 0.3) is 5.91 Å². The standard InChI is InChI=1S/C18H21ClN4O/c1-13-21-16(12-17(22-13)23-9-2-3-10-23)18(24)20-8-7-14-5-4-6-15(19)11-14/h4-6,11-12H,2-3,7-10H2,1H3,(H,20,24). The van der Waals surface area contributed by atoms with Crippen LogP contribution in [0.4, 0.5) is 5.82 Å². The van der Waals surface area contributed by atoms with Crippen molar-refractivity contribution < 1.29 is 4.79 Å². The van der Waals surface area contributed by atoms with Crippen molar-refractivity contribution in [3.05, 3.63) is 52.4 Å². The molecular weight excluding hydrogens is 324 g/mol. The Morgan fingerprint density at radius 1 is 1.25 bits per heavy atom. The number of hydrogen-bond donors (Lipinski definition) is 1. The minimum Gasteiger partial charge on any atom is -0.356 e. The summed E-state index contributed by atoms with van der Waals surface area (Å²) < 4.78 is 0. The minimum atomic E-state index is -0.164. The summed E-state index contributed by atoms with van der Waals surface area (Å²) in [7, 11) is 0. The third-order valence-electron chi connectivity index (χ3n) is 4.08. The van der Waals surface area contributed by atoms with Crippen molar-refractivity contribution in [3.63, 3.8) is 0 Å². The van der Waals surface area contributed by atoms with E-state index in [0.29, 0.717) is 23.1 Å². The summed E-state index contributed by atoms with van der Waals surface area (Å²) in [4.78, 5) is 23.3. The molecule has 1 fully saturated rings. The van der Waals surface area contributed by atoms with E-state index in [1.54, 1.807) is 6.07 Å². The van der Waals surface area contributed by atoms with Crippen molar-refractivity contribution in [2.75, 3.05) is 24.5 Å². The van der Waals surface area contributed by atoms with Crippen molar-refractivity contribution in [1.29, 1.82) is 0 Å². The van der Waals surface area contributed by atoms with Gasteiger partial charge in [-0.25, -0.2) is 9.97 Å². The number of rotatable bonds is 5. The fraction of sp³-hybridized carbons (Fsp3) is 0.389. The Morgan fingerprint density at radius 2 is 2.04 bits per heavy atom. The van der Waals surface area contributed by atoms with E-state index >= 15 is 0 Å². The van der Waals surface area contributed by atoms with E-state index in [1.807, 2.05) is 31.2 Å². The van der Waals surface area contributed by atoms with Crippen molar-refractivity contribution in [3.8, 4) is 0 Å². The fourth-order valence-corrected chi connectivity index (χ4v) is 3.09. The van der Waals surface area contributed by atoms with Gasteiger partial charge in [-0.15, -0.1) is 0 Å². The minimum absolute atomic E-state index is 0.164. The zero-order chi connectivity index (χ0) is 16.9. The van der Waals surface area contributed by atoms with Gasteiger partial charge in [0.15, 0.2) is 0 Å². The Hall–Kier alpha value is -2.14. The number of carbonyl (C=O) groups excluding carboxylic acids is 1. The van der Waals surface area contributed by atoms with Gasteiger partial charge in [0.1, 0.15) is 17.3 Å². The number of aryl methyl sites for hydroxylation is 1. The Bertz CT molecular complexity index is 729. The van der Waals surface area contributed by atoms with Gasteiger partial charge in [-0.1, -0.05) is 23.7 Å². The Labute approximate surface area is 147 Å². The lowest BCUT2D eigenvalue weighted by molar-refractivity contribution is 0.0949. The number of amides is 1. The van der Waals surface area contributed by atoms with Gasteiger partial charge in [-0.05, 0) is 43.9 Å². The summed E-state index contributed by atoms with van der Waals surface area (Å²) in [5, 5.41) is 3.63. The summed E-state index contributed by atoms with van der Waals surface area (Å²) >= 11 is 5.97. The molecule has 0 spiro atoms. The van der Waals surface area contributed by atoms with E-state index in [2.05, 4.69) is 20.2 Å². The molecule has 1 N–H and O–H groups in total. The highest BCUT2D eigenvalue weighted by atomic mass is 35.5. The zero-order valence-corrected chi connectivity index (χ0v) is 14.5. The Morgan fingerprint density at radius 3 is 2.79 bits per heavy atom. The lowest BCUT2D eigenvalue weighted by Gasteiger charge is -2.17. The number of hydrogen-bond acceptors (Lipinski definition) is 4. The molecule has 1 aromatic heterocycles. The number of carbonyl (C=O) groups is 1. The quantitative estimate of drug-likeness (QED) is 0.905. The molecule has 1 aliphatic heterocycles. The monoisotopic (exact) mass is 344 g/mol. The van der Waals surface area contributed by atoms with E-state index in [1.165, 1.54) is 12.8 Å². The topological polar surface area (TPSA) is 58.1 Å². The van der Waals surface area contributed by atoms with Crippen LogP contribution in [0.15, 0.2) is 30.3 Å². The molecule has 1 aliphatic rings. The third kappa shape index (κ3) is 4.23. The lowest BCUT2D eigenvalue weighted by Crippen LogP contribution is -2.28. The summed E-state index contributed by atoms with van der Waals surface area (Å²) in [5.74, 6) is 1.31. The average Bonchev–Trinajstić information content (AvgIpc) is 3.09. The molecule has 24 heavy (non-hydrogen) atoms. The number of halogens is 1. The van der Waals surface area contributed by atoms with Gasteiger partial charge >= 0.3 is 0 Å². The van der Waals surface area contributed by atoms with Gasteiger partial charge < -0.3 is 10.2 Å². The van der Waals surface area contributed by atoms with Crippen LogP contribution in [0.1, 0.15) is 34.7 Å². The molecule has 2 aromatic rings. The highest BCUT2D eigenvalue weighted by Crippen LogP contribution is 2.18. The molecule has 126 valence electrons. The van der Waals surface area contributed by atoms with Crippen LogP contribution in [0.2, 0.25) is 5.02 Å². The molecule has 6 heteroatoms. The highest BCUT2D eigenvalue weighted by molar-refractivity contribution is 6.30. The summed E-state index contributed by atoms with van der Waals surface area (Å²) in [6.07, 6.45) is 3.07. The Kier molecular flexibility index (Phi) is 5.30. The highest BCUT2D eigenvalue weighted by Gasteiger charge is 2.17. The van der Waals surface area contributed by atoms with Gasteiger partial charge in [0.05, 0.1) is 0 Å². The van der Waals surface area contributed by atoms with Crippen LogP contribution in [-0.4, -0.2) is 35.5 Å². The van der Waals surface area contributed by atoms with Gasteiger partial charge in [-0.3, -0.25) is 4.79 Å². The lowest BCUT2D eigenvalue weighted by atomic mass is 10.1. The molecule has 0 unspecified atom stereocenters. The summed E-state index contributed by atoms with van der Waals surface area (Å²) in [6, 6.07) is 9.45. The molecule has 0 aliphatic carbocycles. The molecule has 1 amide bonds. The molecule has 0 bridgehead atoms. The first-order valence-electron chi connectivity index (χ1n) is 8.25. The first-order valence-corrected chi connectivity index (χ1v) is 8.63. The van der Waals surface area contributed by atoms with Crippen molar-refractivity contribution in [1.82, 2.24) is 15.3 Å². The van der Waals surface area contributed by atoms with Gasteiger partial charge in [0.2, 0.25) is 0 Å². The molecule has 1 saturated heterocycles. The summed E-state index contributed by atoms with van der Waals surface area (Å²) in [6.45, 7) is 4.35. The maximum absolute atomic E-state index is 12.4. The second-order valence-electron chi connectivity index (χ2n) is 5.99. The molecule has 0 saturated carbocycles. The predicted molar refractivity (Wildman–Crippen MR) is 95.7 cm³/mol. The number of aromatic nitrogens is 2. The SMILES string of the molecule is Cc1nc(C(=O)NCCc2cccc(Cl)c2)cc(N2CCCC2)n1. The van der Waals surface area contributed by atoms with Gasteiger partial charge in [-0.2, -0.15) is 0 Å². The van der Waals surface area contributed by atoms with Crippen LogP contribution in [0.5, 0.6) is 0 Å². The van der Waals surface area contributed by atoms with E-state index in [9.17, 15) is 4.79 Å². The van der Waals surface area contributed by atoms with Crippen LogP contribution in [-0.2, 0) is 6.42 Å². The number of benzene rings is 1. The van der Waals surface area contributed by atoms with Crippen molar-refractivity contribution in [2.45, 2.75) is 26.2 Å². The normalized spacial score (nSPS) is 14.0. The molecule has 2 heterocycles. The number of anilines is 1. The van der Waals surface area contributed by atoms with E-state index in [-0.39, 0.29) is 5.91 Å². The van der Waals surface area contributed by atoms with Gasteiger partial charge in [0, 0.05) is 30.7 Å². The maximum atomic E-state index is 12.4. The van der Waals surface area contributed by atoms with Crippen molar-refractivity contribution in [2.24, 2.45) is 0 Å². The van der Waals surface area contributed by atoms with Crippen LogP contribution < -0.4 is 10.2 Å². The number of nitrogens with one attached hydrogen (secondary N) is 1. The van der Waals surface area contributed by atoms with E-state index in [4.69, 9.17) is 11.6 Å². The number of nitrogens with zero attached hydrogens (tertiary/aromatic N) is 3. The van der Waals surface area contributed by atoms with Crippen LogP contribution in [0.3, 0.4) is 0 Å². The molecule has 5 nitrogen and oxygen atoms in total.